The van der Waals surface area contributed by atoms with Crippen molar-refractivity contribution in [1.29, 1.82) is 5.26 Å². The van der Waals surface area contributed by atoms with Gasteiger partial charge in [-0.3, -0.25) is 24.2 Å². The number of carbonyl (C=O) groups excluding carboxylic acids is 3. The fourth-order valence-electron chi connectivity index (χ4n) is 9.35. The summed E-state index contributed by atoms with van der Waals surface area (Å²) < 4.78 is 36.2. The number of amides is 3. The maximum absolute atomic E-state index is 13.7. The van der Waals surface area contributed by atoms with Gasteiger partial charge in [0.15, 0.2) is 17.6 Å². The molecule has 5 aromatic carbocycles. The number of phenolic OH excluding ortho intramolecular Hbond substituents is 1. The van der Waals surface area contributed by atoms with Crippen molar-refractivity contribution in [3.05, 3.63) is 142 Å². The smallest absolute Gasteiger partial charge is 0.265 e. The topological polar surface area (TPSA) is 233 Å². The normalized spacial score (nSPS) is 13.6. The zero-order valence-electron chi connectivity index (χ0n) is 45.4. The number of nitriles is 1. The summed E-state index contributed by atoms with van der Waals surface area (Å²) in [5.41, 5.74) is 6.44. The molecule has 18 heteroatoms. The van der Waals surface area contributed by atoms with Gasteiger partial charge in [0.25, 0.3) is 21.8 Å². The maximum Gasteiger partial charge on any atom is 0.265 e. The van der Waals surface area contributed by atoms with Crippen LogP contribution in [0.5, 0.6) is 11.5 Å². The number of aromatic hydroxyl groups is 1. The van der Waals surface area contributed by atoms with Crippen molar-refractivity contribution < 1.29 is 32.6 Å². The Hall–Kier alpha value is -7.68. The lowest BCUT2D eigenvalue weighted by atomic mass is 9.90. The average Bonchev–Trinajstić information content (AvgIpc) is 4.10. The van der Waals surface area contributed by atoms with Gasteiger partial charge in [0.1, 0.15) is 17.6 Å². The van der Waals surface area contributed by atoms with Crippen molar-refractivity contribution in [2.45, 2.75) is 148 Å². The molecule has 2 aromatic heterocycles. The number of nitrogens with one attached hydrogen (secondary N) is 5. The molecule has 1 aliphatic heterocycles. The van der Waals surface area contributed by atoms with Crippen LogP contribution in [0.3, 0.4) is 0 Å². The van der Waals surface area contributed by atoms with Crippen LogP contribution in [0, 0.1) is 25.2 Å². The number of benzene rings is 5. The van der Waals surface area contributed by atoms with Gasteiger partial charge in [0.05, 0.1) is 38.1 Å². The summed E-state index contributed by atoms with van der Waals surface area (Å²) in [4.78, 5) is 39.6. The minimum absolute atomic E-state index is 0.0335. The Labute approximate surface area is 462 Å². The van der Waals surface area contributed by atoms with Gasteiger partial charge in [-0.15, -0.1) is 10.2 Å². The zero-order chi connectivity index (χ0) is 56.1. The zero-order valence-corrected chi connectivity index (χ0v) is 47.0. The van der Waals surface area contributed by atoms with Crippen molar-refractivity contribution in [2.75, 3.05) is 20.7 Å². The predicted octanol–water partition coefficient (Wildman–Crippen LogP) is 13.8. The molecule has 3 heterocycles. The second kappa shape index (κ2) is 26.1. The number of halogens is 1. The fourth-order valence-corrected chi connectivity index (χ4v) is 10.9. The first-order chi connectivity index (χ1) is 37.3. The number of fused-ring (bicyclic) bond motifs is 2. The molecule has 78 heavy (non-hydrogen) atoms. The van der Waals surface area contributed by atoms with Gasteiger partial charge < -0.3 is 25.8 Å². The third kappa shape index (κ3) is 14.7. The summed E-state index contributed by atoms with van der Waals surface area (Å²) in [5.74, 6) is -0.724. The number of nitrogens with zero attached hydrogens (tertiary/aromatic N) is 4. The number of ether oxygens (including phenoxy) is 1. The quantitative estimate of drug-likeness (QED) is 0.0294. The Balaban J connectivity index is 0.000000251. The van der Waals surface area contributed by atoms with E-state index in [1.165, 1.54) is 44.6 Å². The van der Waals surface area contributed by atoms with Crippen LogP contribution in [-0.2, 0) is 25.0 Å². The van der Waals surface area contributed by atoms with Crippen molar-refractivity contribution in [3.8, 4) is 29.0 Å². The van der Waals surface area contributed by atoms with Crippen LogP contribution >= 0.6 is 11.6 Å². The third-order valence-electron chi connectivity index (χ3n) is 13.6. The van der Waals surface area contributed by atoms with E-state index in [2.05, 4.69) is 69.7 Å². The lowest BCUT2D eigenvalue weighted by molar-refractivity contribution is -0.123. The second-order valence-corrected chi connectivity index (χ2v) is 23.0. The van der Waals surface area contributed by atoms with Gasteiger partial charge in [0.2, 0.25) is 5.91 Å². The van der Waals surface area contributed by atoms with Crippen LogP contribution in [-0.4, -0.2) is 57.2 Å². The highest BCUT2D eigenvalue weighted by Crippen LogP contribution is 2.46. The fraction of sp³-hybridized carbons (Fsp3) is 0.367. The molecule has 16 nitrogen and oxygen atoms in total. The molecule has 3 amide bonds. The first-order valence-electron chi connectivity index (χ1n) is 26.6. The lowest BCUT2D eigenvalue weighted by Crippen LogP contribution is -2.34. The number of para-hydroxylation sites is 2. The van der Waals surface area contributed by atoms with Gasteiger partial charge in [-0.2, -0.15) is 5.26 Å². The molecular formula is C60H70ClN9O7S. The number of rotatable bonds is 21. The Morgan fingerprint density at radius 1 is 0.872 bits per heavy atom. The monoisotopic (exact) mass is 1100 g/mol. The van der Waals surface area contributed by atoms with E-state index in [1.54, 1.807) is 86.6 Å². The first-order valence-corrected chi connectivity index (χ1v) is 28.5. The molecule has 0 aliphatic carbocycles. The molecule has 0 radical (unpaired) electrons. The van der Waals surface area contributed by atoms with Crippen molar-refractivity contribution in [2.24, 2.45) is 0 Å². The number of phenols is 1. The van der Waals surface area contributed by atoms with Gasteiger partial charge in [0, 0.05) is 40.4 Å². The summed E-state index contributed by atoms with van der Waals surface area (Å²) in [6, 6.07) is 31.2. The van der Waals surface area contributed by atoms with E-state index >= 15 is 0 Å². The summed E-state index contributed by atoms with van der Waals surface area (Å²) in [6.45, 7) is 14.1. The largest absolute Gasteiger partial charge is 0.505 e. The average molecular weight is 1100 g/mol. The number of unbranched alkanes of at least 4 members (excludes halogenated alkanes) is 9. The highest BCUT2D eigenvalue weighted by atomic mass is 35.5. The molecule has 0 fully saturated rings. The van der Waals surface area contributed by atoms with Gasteiger partial charge in [-0.05, 0) is 98.8 Å². The summed E-state index contributed by atoms with van der Waals surface area (Å²) in [5, 5.41) is 40.9. The third-order valence-corrected chi connectivity index (χ3v) is 15.5. The predicted molar refractivity (Wildman–Crippen MR) is 308 cm³/mol. The van der Waals surface area contributed by atoms with Crippen LogP contribution in [0.15, 0.2) is 108 Å². The summed E-state index contributed by atoms with van der Waals surface area (Å²) in [6.07, 6.45) is 11.2. The molecule has 0 saturated heterocycles. The Kier molecular flexibility index (Phi) is 19.4. The van der Waals surface area contributed by atoms with E-state index in [-0.39, 0.29) is 56.3 Å². The minimum atomic E-state index is -3.66. The molecule has 7 aromatic rings. The molecule has 1 aliphatic rings. The highest BCUT2D eigenvalue weighted by Gasteiger charge is 2.30. The first kappa shape index (κ1) is 58.0. The number of carbonyl (C=O) groups is 3. The van der Waals surface area contributed by atoms with Crippen molar-refractivity contribution >= 4 is 67.7 Å². The number of hydrogen-bond acceptors (Lipinski definition) is 10. The molecule has 410 valence electrons. The van der Waals surface area contributed by atoms with E-state index in [4.69, 9.17) is 16.3 Å². The Bertz CT molecular complexity index is 3410. The van der Waals surface area contributed by atoms with Gasteiger partial charge in [-0.1, -0.05) is 146 Å². The Morgan fingerprint density at radius 2 is 1.54 bits per heavy atom. The van der Waals surface area contributed by atoms with E-state index in [9.17, 15) is 33.2 Å². The molecule has 0 saturated carbocycles. The molecular weight excluding hydrogens is 1030 g/mol. The second-order valence-electron chi connectivity index (χ2n) is 21.0. The number of aromatic amines is 1. The number of aromatic nitrogens is 4. The molecule has 6 N–H and O–H groups in total. The van der Waals surface area contributed by atoms with E-state index < -0.39 is 27.9 Å². The van der Waals surface area contributed by atoms with Crippen LogP contribution < -0.4 is 25.4 Å². The number of sulfonamides is 1. The molecule has 2 unspecified atom stereocenters. The number of hydrogen-bond donors (Lipinski definition) is 6. The van der Waals surface area contributed by atoms with Gasteiger partial charge in [-0.25, -0.2) is 12.9 Å². The maximum atomic E-state index is 13.7. The van der Waals surface area contributed by atoms with Crippen LogP contribution in [0.2, 0.25) is 5.02 Å². The van der Waals surface area contributed by atoms with Gasteiger partial charge >= 0.3 is 0 Å². The van der Waals surface area contributed by atoms with Crippen LogP contribution in [0.4, 0.5) is 22.7 Å². The standard InChI is InChI=1S/C38H45ClN4O5.C22H25N5O2S/c1-3-4-5-6-7-8-9-10-11-12-21-32(48-31-20-16-13-17-26(31)24-40)38(47)41-29-19-15-14-18-27(29)37(46)42-30-23-28(39)35-34(36(30)45)25(2)22-33(44)43-35;1-14-6-11-18(15(2)12-14)30(28,29)26-17-9-7-16(8-10-17)21-24-23-20-13-19(22(3,4)5)25-27(20)21/h13-20,23,25,32,45H,3-12,21-22H2,1-2H3,(H,41,47)(H,42,46)(H,43,44);6-13,25-26H,1-5H3. The summed E-state index contributed by atoms with van der Waals surface area (Å²) >= 11 is 6.43. The molecule has 8 rings (SSSR count). The van der Waals surface area contributed by atoms with E-state index in [0.29, 0.717) is 46.1 Å². The van der Waals surface area contributed by atoms with Crippen molar-refractivity contribution in [1.82, 2.24) is 19.8 Å². The van der Waals surface area contributed by atoms with Crippen LogP contribution in [0.25, 0.3) is 17.0 Å². The summed E-state index contributed by atoms with van der Waals surface area (Å²) in [7, 11) is -3.66. The van der Waals surface area contributed by atoms with Crippen LogP contribution in [0.1, 0.15) is 156 Å². The minimum Gasteiger partial charge on any atom is -0.505 e. The molecule has 2 atom stereocenters. The SMILES string of the molecule is CCCCCCCCCCCCC(Oc1ccccc1C#N)C(=O)Nc1ccccc1C(=O)Nc1cc(Cl)c2c(c1O)C(C)CC(=O)N2.Cc1ccc(S(=O)(=O)Nc2ccc(-c3nnc4cc(C(C)(C)C)[nH]n34)cc2)c(C)c1. The van der Waals surface area contributed by atoms with E-state index in [1.807, 2.05) is 35.7 Å². The lowest BCUT2D eigenvalue weighted by Gasteiger charge is -2.26. The molecule has 0 bridgehead atoms. The van der Waals surface area contributed by atoms with E-state index in [0.717, 1.165) is 48.2 Å². The van der Waals surface area contributed by atoms with Crippen molar-refractivity contribution in [3.63, 3.8) is 0 Å². The number of H-pyrrole nitrogens is 1. The molecule has 0 spiro atoms. The Morgan fingerprint density at radius 3 is 2.22 bits per heavy atom. The number of anilines is 4. The highest BCUT2D eigenvalue weighted by molar-refractivity contribution is 7.92. The number of aryl methyl sites for hydroxylation is 2.